The largest absolute Gasteiger partial charge is 0.497 e. The van der Waals surface area contributed by atoms with Gasteiger partial charge in [-0.2, -0.15) is 0 Å². The predicted octanol–water partition coefficient (Wildman–Crippen LogP) is 5.40. The molecule has 0 spiro atoms. The third kappa shape index (κ3) is 6.03. The Bertz CT molecular complexity index is 1240. The molecule has 180 valence electrons. The Balaban J connectivity index is 1.63. The highest BCUT2D eigenvalue weighted by molar-refractivity contribution is 5.95. The van der Waals surface area contributed by atoms with Gasteiger partial charge in [0.05, 0.1) is 27.9 Å². The van der Waals surface area contributed by atoms with E-state index in [9.17, 15) is 4.79 Å². The molecule has 1 aromatic heterocycles. The molecule has 35 heavy (non-hydrogen) atoms. The molecular formula is C29H30N2O4. The van der Waals surface area contributed by atoms with E-state index in [2.05, 4.69) is 16.7 Å². The molecule has 0 bridgehead atoms. The van der Waals surface area contributed by atoms with Gasteiger partial charge in [-0.3, -0.25) is 4.79 Å². The van der Waals surface area contributed by atoms with Crippen molar-refractivity contribution in [3.8, 4) is 17.2 Å². The fraction of sp³-hybridized carbons (Fsp3) is 0.207. The van der Waals surface area contributed by atoms with Gasteiger partial charge in [-0.15, -0.1) is 0 Å². The monoisotopic (exact) mass is 470 g/mol. The van der Waals surface area contributed by atoms with Gasteiger partial charge in [0.1, 0.15) is 17.2 Å². The number of benzene rings is 3. The van der Waals surface area contributed by atoms with E-state index in [0.29, 0.717) is 36.7 Å². The predicted molar refractivity (Wildman–Crippen MR) is 136 cm³/mol. The van der Waals surface area contributed by atoms with Crippen LogP contribution in [0.5, 0.6) is 17.2 Å². The van der Waals surface area contributed by atoms with Gasteiger partial charge in [0, 0.05) is 36.6 Å². The highest BCUT2D eigenvalue weighted by Gasteiger charge is 2.20. The van der Waals surface area contributed by atoms with E-state index in [-0.39, 0.29) is 5.91 Å². The molecule has 0 saturated carbocycles. The maximum Gasteiger partial charge on any atom is 0.254 e. The molecule has 0 fully saturated rings. The second-order valence-corrected chi connectivity index (χ2v) is 8.23. The van der Waals surface area contributed by atoms with Crippen LogP contribution in [0.25, 0.3) is 0 Å². The summed E-state index contributed by atoms with van der Waals surface area (Å²) in [7, 11) is 4.83. The number of carbonyl (C=O) groups excluding carboxylic acids is 1. The molecule has 0 unspecified atom stereocenters. The summed E-state index contributed by atoms with van der Waals surface area (Å²) in [5, 5.41) is 0. The Morgan fingerprint density at radius 3 is 2.09 bits per heavy atom. The van der Waals surface area contributed by atoms with Crippen molar-refractivity contribution in [2.24, 2.45) is 0 Å². The van der Waals surface area contributed by atoms with Gasteiger partial charge in [-0.1, -0.05) is 42.5 Å². The molecule has 1 heterocycles. The van der Waals surface area contributed by atoms with E-state index in [1.54, 1.807) is 39.5 Å². The Hall–Kier alpha value is -4.19. The van der Waals surface area contributed by atoms with Crippen LogP contribution in [0, 0.1) is 0 Å². The van der Waals surface area contributed by atoms with Gasteiger partial charge in [0.2, 0.25) is 0 Å². The van der Waals surface area contributed by atoms with Crippen molar-refractivity contribution in [2.75, 3.05) is 21.3 Å². The SMILES string of the molecule is COc1cccc(Cn2cccc2CN(Cc2ccccc2)C(=O)c2cc(OC)cc(OC)c2)c1. The van der Waals surface area contributed by atoms with Crippen LogP contribution in [-0.4, -0.2) is 36.7 Å². The van der Waals surface area contributed by atoms with E-state index < -0.39 is 0 Å². The first-order valence-corrected chi connectivity index (χ1v) is 11.4. The number of ether oxygens (including phenoxy) is 3. The molecular weight excluding hydrogens is 440 g/mol. The zero-order valence-electron chi connectivity index (χ0n) is 20.3. The van der Waals surface area contributed by atoms with Gasteiger partial charge < -0.3 is 23.7 Å². The number of aromatic nitrogens is 1. The Morgan fingerprint density at radius 1 is 0.714 bits per heavy atom. The van der Waals surface area contributed by atoms with Crippen LogP contribution in [0.1, 0.15) is 27.2 Å². The lowest BCUT2D eigenvalue weighted by atomic mass is 10.1. The summed E-state index contributed by atoms with van der Waals surface area (Å²) in [5.41, 5.74) is 3.73. The van der Waals surface area contributed by atoms with Crippen molar-refractivity contribution in [1.29, 1.82) is 0 Å². The minimum atomic E-state index is -0.0971. The topological polar surface area (TPSA) is 52.9 Å². The van der Waals surface area contributed by atoms with Gasteiger partial charge in [-0.25, -0.2) is 0 Å². The normalized spacial score (nSPS) is 10.6. The van der Waals surface area contributed by atoms with Crippen molar-refractivity contribution in [3.05, 3.63) is 114 Å². The third-order valence-electron chi connectivity index (χ3n) is 5.87. The number of rotatable bonds is 10. The molecule has 4 aromatic rings. The Labute approximate surface area is 206 Å². The van der Waals surface area contributed by atoms with Crippen LogP contribution in [0.2, 0.25) is 0 Å². The number of hydrogen-bond donors (Lipinski definition) is 0. The van der Waals surface area contributed by atoms with Crippen LogP contribution >= 0.6 is 0 Å². The maximum absolute atomic E-state index is 13.8. The Kier molecular flexibility index (Phi) is 7.73. The highest BCUT2D eigenvalue weighted by Crippen LogP contribution is 2.25. The summed E-state index contributed by atoms with van der Waals surface area (Å²) in [6.45, 7) is 1.60. The van der Waals surface area contributed by atoms with Gasteiger partial charge in [0.25, 0.3) is 5.91 Å². The van der Waals surface area contributed by atoms with E-state index in [0.717, 1.165) is 22.6 Å². The van der Waals surface area contributed by atoms with Crippen LogP contribution in [0.4, 0.5) is 0 Å². The number of carbonyl (C=O) groups is 1. The number of methoxy groups -OCH3 is 3. The summed E-state index contributed by atoms with van der Waals surface area (Å²) in [6.07, 6.45) is 2.04. The van der Waals surface area contributed by atoms with E-state index in [1.807, 2.05) is 65.7 Å². The molecule has 0 atom stereocenters. The molecule has 0 radical (unpaired) electrons. The highest BCUT2D eigenvalue weighted by atomic mass is 16.5. The molecule has 1 amide bonds. The van der Waals surface area contributed by atoms with Crippen molar-refractivity contribution in [3.63, 3.8) is 0 Å². The first-order valence-electron chi connectivity index (χ1n) is 11.4. The second kappa shape index (κ2) is 11.3. The van der Waals surface area contributed by atoms with Crippen LogP contribution in [0.15, 0.2) is 91.1 Å². The molecule has 6 heteroatoms. The van der Waals surface area contributed by atoms with E-state index >= 15 is 0 Å². The van der Waals surface area contributed by atoms with Gasteiger partial charge in [-0.05, 0) is 47.5 Å². The molecule has 0 saturated heterocycles. The number of amides is 1. The smallest absolute Gasteiger partial charge is 0.254 e. The van der Waals surface area contributed by atoms with E-state index in [4.69, 9.17) is 14.2 Å². The molecule has 3 aromatic carbocycles. The first kappa shape index (κ1) is 24.0. The van der Waals surface area contributed by atoms with Crippen molar-refractivity contribution in [1.82, 2.24) is 9.47 Å². The molecule has 4 rings (SSSR count). The van der Waals surface area contributed by atoms with E-state index in [1.165, 1.54) is 0 Å². The molecule has 0 aliphatic carbocycles. The lowest BCUT2D eigenvalue weighted by molar-refractivity contribution is 0.0725. The van der Waals surface area contributed by atoms with Crippen molar-refractivity contribution >= 4 is 5.91 Å². The van der Waals surface area contributed by atoms with Crippen LogP contribution in [-0.2, 0) is 19.6 Å². The average Bonchev–Trinajstić information content (AvgIpc) is 3.34. The van der Waals surface area contributed by atoms with Crippen LogP contribution < -0.4 is 14.2 Å². The minimum Gasteiger partial charge on any atom is -0.497 e. The zero-order valence-corrected chi connectivity index (χ0v) is 20.3. The number of nitrogens with zero attached hydrogens (tertiary/aromatic N) is 2. The fourth-order valence-electron chi connectivity index (χ4n) is 4.03. The summed E-state index contributed by atoms with van der Waals surface area (Å²) < 4.78 is 18.3. The summed E-state index contributed by atoms with van der Waals surface area (Å²) in [5.74, 6) is 1.88. The molecule has 0 N–H and O–H groups in total. The molecule has 6 nitrogen and oxygen atoms in total. The minimum absolute atomic E-state index is 0.0971. The maximum atomic E-state index is 13.8. The van der Waals surface area contributed by atoms with Gasteiger partial charge in [0.15, 0.2) is 0 Å². The lowest BCUT2D eigenvalue weighted by Gasteiger charge is -2.24. The quantitative estimate of drug-likeness (QED) is 0.311. The summed E-state index contributed by atoms with van der Waals surface area (Å²) >= 11 is 0. The third-order valence-corrected chi connectivity index (χ3v) is 5.87. The fourth-order valence-corrected chi connectivity index (χ4v) is 4.03. The number of hydrogen-bond acceptors (Lipinski definition) is 4. The zero-order chi connectivity index (χ0) is 24.6. The summed E-state index contributed by atoms with van der Waals surface area (Å²) in [6, 6.07) is 27.3. The standard InChI is InChI=1S/C29H30N2O4/c1-33-26-13-7-11-23(15-26)20-30-14-8-12-25(30)21-31(19-22-9-5-4-6-10-22)29(32)24-16-27(34-2)18-28(17-24)35-3/h4-18H,19-21H2,1-3H3. The van der Waals surface area contributed by atoms with Crippen molar-refractivity contribution in [2.45, 2.75) is 19.6 Å². The molecule has 0 aliphatic rings. The summed E-state index contributed by atoms with van der Waals surface area (Å²) in [4.78, 5) is 15.6. The van der Waals surface area contributed by atoms with Crippen molar-refractivity contribution < 1.29 is 19.0 Å². The first-order chi connectivity index (χ1) is 17.1. The van der Waals surface area contributed by atoms with Gasteiger partial charge >= 0.3 is 0 Å². The lowest BCUT2D eigenvalue weighted by Crippen LogP contribution is -2.31. The Morgan fingerprint density at radius 2 is 1.40 bits per heavy atom. The molecule has 0 aliphatic heterocycles. The average molecular weight is 471 g/mol. The van der Waals surface area contributed by atoms with Crippen LogP contribution in [0.3, 0.4) is 0 Å². The second-order valence-electron chi connectivity index (χ2n) is 8.23.